The van der Waals surface area contributed by atoms with E-state index in [4.69, 9.17) is 32.5 Å². The number of methoxy groups -OCH3 is 1. The Balaban J connectivity index is 2.15. The number of halogens is 2. The van der Waals surface area contributed by atoms with E-state index < -0.39 is 61.0 Å². The summed E-state index contributed by atoms with van der Waals surface area (Å²) in [5, 5.41) is 12.7. The second-order valence-corrected chi connectivity index (χ2v) is 9.49. The van der Waals surface area contributed by atoms with E-state index in [1.165, 1.54) is 18.2 Å². The molecule has 1 heterocycles. The number of esters is 1. The summed E-state index contributed by atoms with van der Waals surface area (Å²) >= 11 is 11.9. The molecule has 13 heteroatoms. The predicted molar refractivity (Wildman–Crippen MR) is 126 cm³/mol. The predicted octanol–water partition coefficient (Wildman–Crippen LogP) is 2.94. The number of benzene rings is 1. The minimum atomic E-state index is -2.18. The number of rotatable bonds is 11. The molecule has 2 N–H and O–H groups in total. The summed E-state index contributed by atoms with van der Waals surface area (Å²) in [6, 6.07) is 4.34. The van der Waals surface area contributed by atoms with Gasteiger partial charge in [0.15, 0.2) is 11.4 Å². The highest BCUT2D eigenvalue weighted by Gasteiger charge is 2.54. The minimum absolute atomic E-state index is 0.0247. The van der Waals surface area contributed by atoms with E-state index in [-0.39, 0.29) is 29.5 Å². The van der Waals surface area contributed by atoms with Gasteiger partial charge in [-0.2, -0.15) is 0 Å². The van der Waals surface area contributed by atoms with Gasteiger partial charge < -0.3 is 24.5 Å². The largest absolute Gasteiger partial charge is 0.531 e. The summed E-state index contributed by atoms with van der Waals surface area (Å²) < 4.78 is 15.4. The third kappa shape index (κ3) is 7.94. The van der Waals surface area contributed by atoms with Gasteiger partial charge in [-0.05, 0) is 30.5 Å². The first-order valence-electron chi connectivity index (χ1n) is 10.8. The molecule has 0 aliphatic carbocycles. The number of carboxylic acid groups (broad SMARTS) is 1. The molecule has 1 fully saturated rings. The second-order valence-electron chi connectivity index (χ2n) is 8.64. The smallest absolute Gasteiger partial charge is 0.509 e. The summed E-state index contributed by atoms with van der Waals surface area (Å²) in [4.78, 5) is 61.2. The Kier molecular flexibility index (Phi) is 10.1. The maximum Gasteiger partial charge on any atom is 0.531 e. The Labute approximate surface area is 212 Å². The van der Waals surface area contributed by atoms with Gasteiger partial charge in [0.25, 0.3) is 11.9 Å². The molecule has 0 saturated carbocycles. The van der Waals surface area contributed by atoms with Crippen LogP contribution in [0.1, 0.15) is 49.9 Å². The summed E-state index contributed by atoms with van der Waals surface area (Å²) in [6.07, 6.45) is -1.24. The van der Waals surface area contributed by atoms with E-state index in [1.54, 1.807) is 0 Å². The minimum Gasteiger partial charge on any atom is -0.509 e. The van der Waals surface area contributed by atoms with Crippen molar-refractivity contribution in [2.45, 2.75) is 50.9 Å². The Bertz CT molecular complexity index is 1000. The summed E-state index contributed by atoms with van der Waals surface area (Å²) in [6.45, 7) is 3.37. The quantitative estimate of drug-likeness (QED) is 0.326. The normalized spacial score (nSPS) is 18.6. The third-order valence-corrected chi connectivity index (χ3v) is 5.90. The highest BCUT2D eigenvalue weighted by molar-refractivity contribution is 6.50. The van der Waals surface area contributed by atoms with Crippen LogP contribution in [0.25, 0.3) is 0 Å². The van der Waals surface area contributed by atoms with Crippen LogP contribution >= 0.6 is 23.2 Å². The summed E-state index contributed by atoms with van der Waals surface area (Å²) in [5.74, 6) is -5.00. The van der Waals surface area contributed by atoms with Crippen LogP contribution in [0.3, 0.4) is 0 Å². The van der Waals surface area contributed by atoms with Crippen LogP contribution in [-0.4, -0.2) is 61.1 Å². The van der Waals surface area contributed by atoms with Crippen molar-refractivity contribution in [3.63, 3.8) is 0 Å². The lowest BCUT2D eigenvalue weighted by atomic mass is 9.63. The zero-order valence-corrected chi connectivity index (χ0v) is 21.0. The first-order chi connectivity index (χ1) is 16.4. The number of hydrogen-bond acceptors (Lipinski definition) is 8. The first kappa shape index (κ1) is 28.6. The van der Waals surface area contributed by atoms with E-state index in [2.05, 4.69) is 10.1 Å². The zero-order valence-electron chi connectivity index (χ0n) is 19.5. The average Bonchev–Trinajstić information content (AvgIpc) is 2.77. The number of amides is 1. The number of carbonyl (C=O) groups is 5. The van der Waals surface area contributed by atoms with Gasteiger partial charge in [0, 0.05) is 17.3 Å². The monoisotopic (exact) mass is 529 g/mol. The zero-order chi connectivity index (χ0) is 26.3. The fourth-order valence-corrected chi connectivity index (χ4v) is 4.08. The van der Waals surface area contributed by atoms with Crippen LogP contribution in [0.5, 0.6) is 0 Å². The third-order valence-electron chi connectivity index (χ3n) is 5.33. The molecular formula is C22H26BCl2NO9. The van der Waals surface area contributed by atoms with E-state index >= 15 is 0 Å². The molecule has 1 saturated heterocycles. The van der Waals surface area contributed by atoms with E-state index in [9.17, 15) is 29.1 Å². The molecule has 1 aromatic rings. The Hall–Kier alpha value is -2.63. The number of hydrogen-bond donors (Lipinski definition) is 2. The molecule has 190 valence electrons. The SMILES string of the molecule is COC(=O)C[C@@]1(C(=O)O)CC(=O)OB([C@@H](CC(=O)CNC(=O)c2cc(Cl)ccc2Cl)CC(C)C)O1. The van der Waals surface area contributed by atoms with Gasteiger partial charge in [-0.25, -0.2) is 4.79 Å². The van der Waals surface area contributed by atoms with Crippen LogP contribution in [0.15, 0.2) is 18.2 Å². The van der Waals surface area contributed by atoms with Crippen molar-refractivity contribution in [3.8, 4) is 0 Å². The van der Waals surface area contributed by atoms with E-state index in [0.29, 0.717) is 11.4 Å². The molecule has 35 heavy (non-hydrogen) atoms. The van der Waals surface area contributed by atoms with Crippen LogP contribution in [-0.2, 0) is 33.2 Å². The van der Waals surface area contributed by atoms with Gasteiger partial charge in [-0.1, -0.05) is 37.0 Å². The van der Waals surface area contributed by atoms with Crippen molar-refractivity contribution in [2.24, 2.45) is 5.92 Å². The number of nitrogens with one attached hydrogen (secondary N) is 1. The van der Waals surface area contributed by atoms with Gasteiger partial charge in [0.2, 0.25) is 0 Å². The number of Topliss-reactive ketones (excluding diaryl/α,β-unsaturated/α-hetero) is 1. The molecule has 1 amide bonds. The highest BCUT2D eigenvalue weighted by Crippen LogP contribution is 2.36. The highest BCUT2D eigenvalue weighted by atomic mass is 35.5. The second kappa shape index (κ2) is 12.4. The number of ketones is 1. The van der Waals surface area contributed by atoms with Crippen molar-refractivity contribution < 1.29 is 43.1 Å². The molecule has 1 aliphatic rings. The maximum absolute atomic E-state index is 12.7. The van der Waals surface area contributed by atoms with Gasteiger partial charge in [0.05, 0.1) is 37.1 Å². The summed E-state index contributed by atoms with van der Waals surface area (Å²) in [7, 11) is -0.303. The van der Waals surface area contributed by atoms with Crippen LogP contribution in [0, 0.1) is 5.92 Å². The fourth-order valence-electron chi connectivity index (χ4n) is 3.70. The molecule has 2 rings (SSSR count). The maximum atomic E-state index is 12.7. The van der Waals surface area contributed by atoms with Crippen LogP contribution < -0.4 is 5.32 Å². The Morgan fingerprint density at radius 3 is 2.54 bits per heavy atom. The van der Waals surface area contributed by atoms with Crippen molar-refractivity contribution in [1.29, 1.82) is 0 Å². The van der Waals surface area contributed by atoms with Crippen LogP contribution in [0.4, 0.5) is 0 Å². The molecule has 10 nitrogen and oxygen atoms in total. The topological polar surface area (TPSA) is 145 Å². The molecule has 0 spiro atoms. The average molecular weight is 530 g/mol. The molecule has 0 aromatic heterocycles. The molecule has 0 radical (unpaired) electrons. The molecule has 0 unspecified atom stereocenters. The van der Waals surface area contributed by atoms with Gasteiger partial charge >= 0.3 is 19.1 Å². The molecule has 2 atom stereocenters. The van der Waals surface area contributed by atoms with E-state index in [0.717, 1.165) is 7.11 Å². The lowest BCUT2D eigenvalue weighted by molar-refractivity contribution is -0.175. The molecule has 1 aliphatic heterocycles. The number of carboxylic acids is 1. The van der Waals surface area contributed by atoms with Crippen molar-refractivity contribution in [2.75, 3.05) is 13.7 Å². The lowest BCUT2D eigenvalue weighted by Crippen LogP contribution is -2.56. The Morgan fingerprint density at radius 1 is 1.26 bits per heavy atom. The molecule has 1 aromatic carbocycles. The van der Waals surface area contributed by atoms with Gasteiger partial charge in [0.1, 0.15) is 0 Å². The first-order valence-corrected chi connectivity index (χ1v) is 11.5. The Morgan fingerprint density at radius 2 is 1.94 bits per heavy atom. The van der Waals surface area contributed by atoms with Crippen molar-refractivity contribution in [1.82, 2.24) is 5.32 Å². The summed E-state index contributed by atoms with van der Waals surface area (Å²) in [5.41, 5.74) is -2.08. The fraction of sp³-hybridized carbons (Fsp3) is 0.500. The van der Waals surface area contributed by atoms with Crippen molar-refractivity contribution >= 4 is 59.9 Å². The number of carbonyl (C=O) groups excluding carboxylic acids is 4. The number of aliphatic carboxylic acids is 1. The van der Waals surface area contributed by atoms with Crippen molar-refractivity contribution in [3.05, 3.63) is 33.8 Å². The van der Waals surface area contributed by atoms with Crippen LogP contribution in [0.2, 0.25) is 15.9 Å². The molecule has 0 bridgehead atoms. The standard InChI is InChI=1S/C22H26BCl2NO9/c1-12(2)6-13(7-15(27)11-26-20(30)16-8-14(24)4-5-17(16)25)23-34-19(29)10-22(35-23,21(31)32)9-18(28)33-3/h4-5,8,12-13H,6-7,9-11H2,1-3H3,(H,26,30)(H,31,32)/t13-,22+/m1/s1. The lowest BCUT2D eigenvalue weighted by Gasteiger charge is -2.37. The van der Waals surface area contributed by atoms with Gasteiger partial charge in [-0.3, -0.25) is 19.2 Å². The van der Waals surface area contributed by atoms with E-state index in [1.807, 2.05) is 13.8 Å². The van der Waals surface area contributed by atoms with Gasteiger partial charge in [-0.15, -0.1) is 0 Å². The number of ether oxygens (including phenoxy) is 1. The molecular weight excluding hydrogens is 504 g/mol.